The smallest absolute Gasteiger partial charge is 0.337 e. The van der Waals surface area contributed by atoms with Crippen molar-refractivity contribution in [1.29, 1.82) is 0 Å². The Morgan fingerprint density at radius 3 is 1.61 bits per heavy atom. The van der Waals surface area contributed by atoms with Gasteiger partial charge in [-0.15, -0.1) is 0 Å². The molecule has 1 N–H and O–H groups in total. The zero-order chi connectivity index (χ0) is 36.6. The molecule has 0 amide bonds. The molecule has 0 unspecified atom stereocenters. The zero-order valence-corrected chi connectivity index (χ0v) is 28.3. The number of fused-ring (bicyclic) bond motifs is 2. The van der Waals surface area contributed by atoms with Crippen molar-refractivity contribution in [2.75, 3.05) is 20.8 Å². The average Bonchev–Trinajstić information content (AvgIpc) is 3.15. The van der Waals surface area contributed by atoms with Crippen LogP contribution < -0.4 is 0 Å². The highest BCUT2D eigenvalue weighted by molar-refractivity contribution is 5.90. The lowest BCUT2D eigenvalue weighted by molar-refractivity contribution is -0.107. The minimum absolute atomic E-state index is 0. The van der Waals surface area contributed by atoms with Crippen LogP contribution in [0.1, 0.15) is 77.0 Å². The Morgan fingerprint density at radius 2 is 1.16 bits per heavy atom. The van der Waals surface area contributed by atoms with E-state index in [0.29, 0.717) is 43.7 Å². The van der Waals surface area contributed by atoms with E-state index < -0.39 is 0 Å². The molecule has 0 aliphatic rings. The highest BCUT2D eigenvalue weighted by atomic mass is 16.5. The molecule has 4 heterocycles. The Bertz CT molecular complexity index is 2110. The van der Waals surface area contributed by atoms with E-state index in [1.807, 2.05) is 42.5 Å². The molecule has 10 nitrogen and oxygen atoms in total. The van der Waals surface area contributed by atoms with Crippen molar-refractivity contribution in [2.45, 2.75) is 46.9 Å². The Labute approximate surface area is 300 Å². The van der Waals surface area contributed by atoms with Gasteiger partial charge in [-0.1, -0.05) is 33.4 Å². The Hall–Kier alpha value is -5.87. The molecule has 0 aliphatic carbocycles. The molecule has 0 aliphatic heterocycles. The van der Waals surface area contributed by atoms with Gasteiger partial charge in [-0.2, -0.15) is 0 Å². The first-order valence-electron chi connectivity index (χ1n) is 16.7. The average molecular weight is 690 g/mol. The van der Waals surface area contributed by atoms with Crippen LogP contribution in [-0.2, 0) is 40.0 Å². The number of esters is 2. The highest BCUT2D eigenvalue weighted by Crippen LogP contribution is 2.20. The number of hydrogen-bond acceptors (Lipinski definition) is 10. The minimum Gasteiger partial charge on any atom is -0.465 e. The van der Waals surface area contributed by atoms with Crippen molar-refractivity contribution < 1.29 is 30.3 Å². The number of aldehydes is 1. The van der Waals surface area contributed by atoms with Gasteiger partial charge in [0.25, 0.3) is 0 Å². The Kier molecular flexibility index (Phi) is 14.8. The number of ether oxygens (including phenoxy) is 2. The summed E-state index contributed by atoms with van der Waals surface area (Å²) >= 11 is 0. The van der Waals surface area contributed by atoms with Crippen molar-refractivity contribution >= 4 is 40.0 Å². The van der Waals surface area contributed by atoms with Gasteiger partial charge in [0.05, 0.1) is 36.4 Å². The number of carbonyl (C=O) groups excluding carboxylic acids is 3. The maximum Gasteiger partial charge on any atom is 0.337 e. The van der Waals surface area contributed by atoms with Crippen LogP contribution in [0.5, 0.6) is 0 Å². The number of methoxy groups -OCH3 is 2. The first kappa shape index (κ1) is 37.9. The van der Waals surface area contributed by atoms with Gasteiger partial charge in [-0.25, -0.2) is 9.59 Å². The number of aliphatic hydroxyl groups is 1. The van der Waals surface area contributed by atoms with Crippen LogP contribution in [0, 0.1) is 0 Å². The van der Waals surface area contributed by atoms with Gasteiger partial charge in [0.1, 0.15) is 6.29 Å². The van der Waals surface area contributed by atoms with Crippen molar-refractivity contribution in [1.82, 2.24) is 19.9 Å². The molecule has 0 spiro atoms. The van der Waals surface area contributed by atoms with E-state index in [0.717, 1.165) is 61.7 Å². The van der Waals surface area contributed by atoms with E-state index in [1.54, 1.807) is 56.0 Å². The number of nitrogens with zero attached hydrogens (tertiary/aromatic N) is 4. The van der Waals surface area contributed by atoms with Crippen molar-refractivity contribution in [3.63, 3.8) is 0 Å². The molecule has 0 atom stereocenters. The second kappa shape index (κ2) is 20.0. The molecule has 51 heavy (non-hydrogen) atoms. The molecule has 10 heteroatoms. The maximum absolute atomic E-state index is 11.6. The summed E-state index contributed by atoms with van der Waals surface area (Å²) in [5.41, 5.74) is 8.40. The summed E-state index contributed by atoms with van der Waals surface area (Å²) in [4.78, 5) is 51.3. The molecule has 6 aromatic rings. The van der Waals surface area contributed by atoms with Crippen LogP contribution in [0.25, 0.3) is 21.8 Å². The summed E-state index contributed by atoms with van der Waals surface area (Å²) in [6.07, 6.45) is 9.76. The van der Waals surface area contributed by atoms with Crippen LogP contribution in [0.4, 0.5) is 0 Å². The zero-order valence-electron chi connectivity index (χ0n) is 29.3. The van der Waals surface area contributed by atoms with Gasteiger partial charge < -0.3 is 19.4 Å². The number of hydrogen-bond donors (Lipinski definition) is 1. The SMILES string of the molecule is C.COC(=O)c1ccnc(Cc2ccc3ncc(CC=O)cc3c2)c1.COC(=O)c1ccnc(Cc2ccc3ncc(CCO)cc3c2)c1.[2H]CC. The molecule has 0 saturated carbocycles. The predicted molar refractivity (Wildman–Crippen MR) is 199 cm³/mol. The minimum atomic E-state index is -0.375. The van der Waals surface area contributed by atoms with Crippen molar-refractivity contribution in [3.8, 4) is 0 Å². The van der Waals surface area contributed by atoms with E-state index in [9.17, 15) is 14.4 Å². The lowest BCUT2D eigenvalue weighted by Gasteiger charge is -2.06. The predicted octanol–water partition coefficient (Wildman–Crippen LogP) is 6.95. The number of rotatable bonds is 10. The second-order valence-electron chi connectivity index (χ2n) is 11.0. The van der Waals surface area contributed by atoms with Gasteiger partial charge in [0.2, 0.25) is 0 Å². The molecule has 264 valence electrons. The molecule has 0 saturated heterocycles. The molecule has 4 aromatic heterocycles. The quantitative estimate of drug-likeness (QED) is 0.119. The topological polar surface area (TPSA) is 141 Å². The molecule has 0 bridgehead atoms. The third-order valence-electron chi connectivity index (χ3n) is 7.57. The maximum atomic E-state index is 11.6. The fraction of sp³-hybridized carbons (Fsp3) is 0.244. The van der Waals surface area contributed by atoms with Crippen LogP contribution >= 0.6 is 0 Å². The molecular formula is C41H44N4O6. The van der Waals surface area contributed by atoms with Gasteiger partial charge in [-0.05, 0) is 89.3 Å². The van der Waals surface area contributed by atoms with E-state index in [-0.39, 0.29) is 26.0 Å². The van der Waals surface area contributed by atoms with Gasteiger partial charge in [0, 0.05) is 74.2 Å². The monoisotopic (exact) mass is 689 g/mol. The lowest BCUT2D eigenvalue weighted by Crippen LogP contribution is -2.03. The van der Waals surface area contributed by atoms with Crippen LogP contribution in [0.3, 0.4) is 0 Å². The largest absolute Gasteiger partial charge is 0.465 e. The van der Waals surface area contributed by atoms with Crippen LogP contribution in [0.2, 0.25) is 0 Å². The molecule has 0 fully saturated rings. The number of pyridine rings is 4. The number of benzene rings is 2. The van der Waals surface area contributed by atoms with E-state index in [2.05, 4.69) is 26.0 Å². The summed E-state index contributed by atoms with van der Waals surface area (Å²) in [7, 11) is 2.72. The Balaban J connectivity index is 0.000000256. The molecule has 2 aromatic carbocycles. The number of aromatic nitrogens is 4. The Morgan fingerprint density at radius 1 is 0.706 bits per heavy atom. The first-order valence-corrected chi connectivity index (χ1v) is 16.0. The summed E-state index contributed by atoms with van der Waals surface area (Å²) in [6, 6.07) is 22.8. The van der Waals surface area contributed by atoms with Crippen molar-refractivity contribution in [2.24, 2.45) is 0 Å². The van der Waals surface area contributed by atoms with E-state index in [4.69, 9.17) is 16.0 Å². The standard InChI is InChI=1S/C19H18N2O3.C19H16N2O3.C2H6.CH4/c2*1-24-19(23)15-4-6-20-17(11-15)10-13-2-3-18-16(8-13)9-14(5-7-22)12-21-18;1-2;/h2-4,6,8-9,11-12,22H,5,7,10H2,1H3;2-4,6-9,11-12H,5,10H2,1H3;1-2H3;1H4/i;;1D;. The summed E-state index contributed by atoms with van der Waals surface area (Å²) < 4.78 is 15.7. The highest BCUT2D eigenvalue weighted by Gasteiger charge is 2.09. The normalized spacial score (nSPS) is 10.4. The van der Waals surface area contributed by atoms with Gasteiger partial charge >= 0.3 is 11.9 Å². The van der Waals surface area contributed by atoms with Crippen molar-refractivity contribution in [3.05, 3.63) is 142 Å². The molecular weight excluding hydrogens is 644 g/mol. The van der Waals surface area contributed by atoms with Gasteiger partial charge in [-0.3, -0.25) is 19.9 Å². The lowest BCUT2D eigenvalue weighted by atomic mass is 10.0. The second-order valence-corrected chi connectivity index (χ2v) is 11.0. The van der Waals surface area contributed by atoms with E-state index >= 15 is 0 Å². The number of carbonyl (C=O) groups is 3. The number of aliphatic hydroxyl groups excluding tert-OH is 1. The summed E-state index contributed by atoms with van der Waals surface area (Å²) in [6.45, 7) is 2.40. The van der Waals surface area contributed by atoms with Gasteiger partial charge in [0.15, 0.2) is 0 Å². The molecule has 0 radical (unpaired) electrons. The van der Waals surface area contributed by atoms with Crippen LogP contribution in [-0.4, -0.2) is 64.1 Å². The molecule has 6 rings (SSSR count). The third-order valence-corrected chi connectivity index (χ3v) is 7.57. The first-order chi connectivity index (χ1) is 24.8. The summed E-state index contributed by atoms with van der Waals surface area (Å²) in [5, 5.41) is 11.1. The fourth-order valence-electron chi connectivity index (χ4n) is 5.20. The fourth-order valence-corrected chi connectivity index (χ4v) is 5.20. The van der Waals surface area contributed by atoms with E-state index in [1.165, 1.54) is 14.2 Å². The van der Waals surface area contributed by atoms with Crippen LogP contribution in [0.15, 0.2) is 97.6 Å². The third kappa shape index (κ3) is 11.1. The summed E-state index contributed by atoms with van der Waals surface area (Å²) in [5.74, 6) is -0.741.